The highest BCUT2D eigenvalue weighted by Gasteiger charge is 2.27. The molecule has 2 aromatic carbocycles. The number of aryl methyl sites for hydroxylation is 1. The maximum absolute atomic E-state index is 12.2. The van der Waals surface area contributed by atoms with Gasteiger partial charge in [-0.2, -0.15) is 0 Å². The number of hydrogen-bond acceptors (Lipinski definition) is 3. The minimum atomic E-state index is -0.244. The lowest BCUT2D eigenvalue weighted by molar-refractivity contribution is -0.140. The molecule has 1 atom stereocenters. The van der Waals surface area contributed by atoms with Crippen LogP contribution in [-0.2, 0) is 11.2 Å². The fraction of sp³-hybridized carbons (Fsp3) is 0.235. The van der Waals surface area contributed by atoms with Crippen LogP contribution < -0.4 is 9.47 Å². The second kappa shape index (κ2) is 5.37. The first-order valence-electron chi connectivity index (χ1n) is 6.71. The van der Waals surface area contributed by atoms with Crippen LogP contribution in [0.5, 0.6) is 11.5 Å². The molecule has 3 rings (SSSR count). The number of hydrogen-bond donors (Lipinski definition) is 0. The number of esters is 1. The van der Waals surface area contributed by atoms with E-state index in [0.717, 1.165) is 16.9 Å². The lowest BCUT2D eigenvalue weighted by atomic mass is 9.97. The first-order chi connectivity index (χ1) is 9.72. The maximum Gasteiger partial charge on any atom is 0.318 e. The number of benzene rings is 2. The van der Waals surface area contributed by atoms with E-state index in [-0.39, 0.29) is 11.9 Å². The van der Waals surface area contributed by atoms with Crippen LogP contribution in [0.2, 0.25) is 0 Å². The molecule has 20 heavy (non-hydrogen) atoms. The largest absolute Gasteiger partial charge is 0.492 e. The Balaban J connectivity index is 1.68. The van der Waals surface area contributed by atoms with Crippen molar-refractivity contribution in [3.8, 4) is 11.5 Å². The van der Waals surface area contributed by atoms with E-state index in [2.05, 4.69) is 0 Å². The number of carbonyl (C=O) groups is 1. The highest BCUT2D eigenvalue weighted by atomic mass is 16.5. The summed E-state index contributed by atoms with van der Waals surface area (Å²) in [7, 11) is 0. The summed E-state index contributed by atoms with van der Waals surface area (Å²) in [6, 6.07) is 15.3. The average molecular weight is 268 g/mol. The smallest absolute Gasteiger partial charge is 0.318 e. The standard InChI is InChI=1S/C17H16O3/c1-12-6-8-15(9-7-12)20-17(18)14-10-13-4-2-3-5-16(13)19-11-14/h2-9,14H,10-11H2,1H3. The summed E-state index contributed by atoms with van der Waals surface area (Å²) in [5, 5.41) is 0. The van der Waals surface area contributed by atoms with Crippen LogP contribution in [0.15, 0.2) is 48.5 Å². The van der Waals surface area contributed by atoms with Crippen LogP contribution in [-0.4, -0.2) is 12.6 Å². The van der Waals surface area contributed by atoms with Crippen LogP contribution in [0.25, 0.3) is 0 Å². The molecule has 0 aliphatic carbocycles. The Hall–Kier alpha value is -2.29. The van der Waals surface area contributed by atoms with E-state index in [0.29, 0.717) is 18.8 Å². The summed E-state index contributed by atoms with van der Waals surface area (Å²) in [6.07, 6.45) is 0.668. The molecule has 0 radical (unpaired) electrons. The molecule has 0 fully saturated rings. The predicted molar refractivity (Wildman–Crippen MR) is 75.9 cm³/mol. The lowest BCUT2D eigenvalue weighted by Crippen LogP contribution is -2.31. The summed E-state index contributed by atoms with van der Waals surface area (Å²) in [5.41, 5.74) is 2.20. The third kappa shape index (κ3) is 2.67. The van der Waals surface area contributed by atoms with E-state index in [9.17, 15) is 4.79 Å². The second-order valence-electron chi connectivity index (χ2n) is 5.05. The summed E-state index contributed by atoms with van der Waals surface area (Å²) in [4.78, 5) is 12.2. The number of carbonyl (C=O) groups excluding carboxylic acids is 1. The Morgan fingerprint density at radius 2 is 1.90 bits per heavy atom. The molecule has 0 amide bonds. The minimum absolute atomic E-state index is 0.233. The highest BCUT2D eigenvalue weighted by molar-refractivity contribution is 5.76. The summed E-state index contributed by atoms with van der Waals surface area (Å²) in [5.74, 6) is 0.973. The molecule has 0 bridgehead atoms. The third-order valence-corrected chi connectivity index (χ3v) is 3.45. The molecular formula is C17H16O3. The van der Waals surface area contributed by atoms with E-state index in [4.69, 9.17) is 9.47 Å². The van der Waals surface area contributed by atoms with Gasteiger partial charge in [0.1, 0.15) is 18.1 Å². The van der Waals surface area contributed by atoms with Crippen molar-refractivity contribution < 1.29 is 14.3 Å². The monoisotopic (exact) mass is 268 g/mol. The Kier molecular flexibility index (Phi) is 3.42. The molecule has 3 nitrogen and oxygen atoms in total. The lowest BCUT2D eigenvalue weighted by Gasteiger charge is -2.23. The predicted octanol–water partition coefficient (Wildman–Crippen LogP) is 3.15. The van der Waals surface area contributed by atoms with Crippen LogP contribution in [0.1, 0.15) is 11.1 Å². The SMILES string of the molecule is Cc1ccc(OC(=O)C2COc3ccccc3C2)cc1. The third-order valence-electron chi connectivity index (χ3n) is 3.45. The van der Waals surface area contributed by atoms with E-state index in [1.54, 1.807) is 0 Å². The number of rotatable bonds is 2. The van der Waals surface area contributed by atoms with E-state index >= 15 is 0 Å². The zero-order chi connectivity index (χ0) is 13.9. The van der Waals surface area contributed by atoms with Gasteiger partial charge in [0.2, 0.25) is 0 Å². The van der Waals surface area contributed by atoms with Crippen molar-refractivity contribution in [3.05, 3.63) is 59.7 Å². The zero-order valence-corrected chi connectivity index (χ0v) is 11.3. The van der Waals surface area contributed by atoms with E-state index in [1.165, 1.54) is 0 Å². The molecule has 1 aliphatic heterocycles. The molecule has 2 aromatic rings. The maximum atomic E-state index is 12.2. The van der Waals surface area contributed by atoms with Gasteiger partial charge in [-0.3, -0.25) is 4.79 Å². The van der Waals surface area contributed by atoms with Crippen molar-refractivity contribution in [1.29, 1.82) is 0 Å². The Morgan fingerprint density at radius 3 is 2.70 bits per heavy atom. The van der Waals surface area contributed by atoms with Crippen LogP contribution >= 0.6 is 0 Å². The number of para-hydroxylation sites is 1. The minimum Gasteiger partial charge on any atom is -0.492 e. The molecular weight excluding hydrogens is 252 g/mol. The summed E-state index contributed by atoms with van der Waals surface area (Å²) < 4.78 is 11.0. The van der Waals surface area contributed by atoms with E-state index in [1.807, 2.05) is 55.5 Å². The van der Waals surface area contributed by atoms with Gasteiger partial charge in [-0.1, -0.05) is 35.9 Å². The fourth-order valence-corrected chi connectivity index (χ4v) is 2.29. The Bertz CT molecular complexity index is 616. The molecule has 0 aromatic heterocycles. The van der Waals surface area contributed by atoms with Crippen LogP contribution in [0.4, 0.5) is 0 Å². The van der Waals surface area contributed by atoms with Crippen molar-refractivity contribution in [2.75, 3.05) is 6.61 Å². The van der Waals surface area contributed by atoms with Gasteiger partial charge in [0.15, 0.2) is 0 Å². The molecule has 1 heterocycles. The normalized spacial score (nSPS) is 16.9. The molecule has 0 N–H and O–H groups in total. The van der Waals surface area contributed by atoms with Gasteiger partial charge in [0.25, 0.3) is 0 Å². The first-order valence-corrected chi connectivity index (χ1v) is 6.71. The highest BCUT2D eigenvalue weighted by Crippen LogP contribution is 2.27. The van der Waals surface area contributed by atoms with Gasteiger partial charge < -0.3 is 9.47 Å². The van der Waals surface area contributed by atoms with Gasteiger partial charge >= 0.3 is 5.97 Å². The quantitative estimate of drug-likeness (QED) is 0.620. The average Bonchev–Trinajstić information content (AvgIpc) is 2.49. The number of fused-ring (bicyclic) bond motifs is 1. The first kappa shape index (κ1) is 12.7. The topological polar surface area (TPSA) is 35.5 Å². The van der Waals surface area contributed by atoms with Crippen LogP contribution in [0, 0.1) is 12.8 Å². The molecule has 3 heteroatoms. The van der Waals surface area contributed by atoms with Crippen LogP contribution in [0.3, 0.4) is 0 Å². The van der Waals surface area contributed by atoms with Crippen molar-refractivity contribution in [2.45, 2.75) is 13.3 Å². The van der Waals surface area contributed by atoms with Crippen molar-refractivity contribution >= 4 is 5.97 Å². The molecule has 1 unspecified atom stereocenters. The van der Waals surface area contributed by atoms with E-state index < -0.39 is 0 Å². The van der Waals surface area contributed by atoms with Crippen molar-refractivity contribution in [1.82, 2.24) is 0 Å². The molecule has 0 spiro atoms. The molecule has 102 valence electrons. The summed E-state index contributed by atoms with van der Waals surface area (Å²) >= 11 is 0. The van der Waals surface area contributed by atoms with Crippen molar-refractivity contribution in [2.24, 2.45) is 5.92 Å². The Morgan fingerprint density at radius 1 is 1.15 bits per heavy atom. The molecule has 0 saturated carbocycles. The molecule has 1 aliphatic rings. The number of ether oxygens (including phenoxy) is 2. The van der Waals surface area contributed by atoms with Crippen molar-refractivity contribution in [3.63, 3.8) is 0 Å². The van der Waals surface area contributed by atoms with Gasteiger partial charge in [-0.05, 0) is 37.1 Å². The zero-order valence-electron chi connectivity index (χ0n) is 11.3. The second-order valence-corrected chi connectivity index (χ2v) is 5.05. The summed E-state index contributed by atoms with van der Waals surface area (Å²) in [6.45, 7) is 2.37. The van der Waals surface area contributed by atoms with Gasteiger partial charge in [0, 0.05) is 0 Å². The van der Waals surface area contributed by atoms with Gasteiger partial charge in [-0.25, -0.2) is 0 Å². The molecule has 0 saturated heterocycles. The van der Waals surface area contributed by atoms with Gasteiger partial charge in [0.05, 0.1) is 5.92 Å². The Labute approximate surface area is 118 Å². The van der Waals surface area contributed by atoms with Gasteiger partial charge in [-0.15, -0.1) is 0 Å². The fourth-order valence-electron chi connectivity index (χ4n) is 2.29.